The van der Waals surface area contributed by atoms with E-state index in [4.69, 9.17) is 4.74 Å². The third-order valence-electron chi connectivity index (χ3n) is 3.45. The van der Waals surface area contributed by atoms with Crippen LogP contribution < -0.4 is 15.4 Å². The number of urea groups is 1. The van der Waals surface area contributed by atoms with Gasteiger partial charge in [-0.15, -0.1) is 0 Å². The van der Waals surface area contributed by atoms with Gasteiger partial charge in [0.15, 0.2) is 0 Å². The molecule has 120 valence electrons. The van der Waals surface area contributed by atoms with Gasteiger partial charge in [-0.2, -0.15) is 0 Å². The van der Waals surface area contributed by atoms with Crippen LogP contribution in [0.2, 0.25) is 0 Å². The van der Waals surface area contributed by atoms with Crippen LogP contribution in [0.25, 0.3) is 6.08 Å². The maximum atomic E-state index is 11.9. The maximum Gasteiger partial charge on any atom is 0.323 e. The van der Waals surface area contributed by atoms with Crippen molar-refractivity contribution in [2.24, 2.45) is 0 Å². The molecule has 0 saturated heterocycles. The van der Waals surface area contributed by atoms with Gasteiger partial charge in [0.05, 0.1) is 7.11 Å². The first-order chi connectivity index (χ1) is 11.1. The van der Waals surface area contributed by atoms with Crippen molar-refractivity contribution in [2.45, 2.75) is 19.8 Å². The number of nitrogens with one attached hydrogen (secondary N) is 2. The molecule has 23 heavy (non-hydrogen) atoms. The number of rotatable bonds is 5. The molecule has 4 nitrogen and oxygen atoms in total. The van der Waals surface area contributed by atoms with Crippen LogP contribution in [-0.2, 0) is 0 Å². The van der Waals surface area contributed by atoms with Crippen LogP contribution in [0.4, 0.5) is 10.5 Å². The van der Waals surface area contributed by atoms with E-state index in [0.717, 1.165) is 17.0 Å². The smallest absolute Gasteiger partial charge is 0.323 e. The molecule has 4 heteroatoms. The van der Waals surface area contributed by atoms with Gasteiger partial charge in [0.1, 0.15) is 5.75 Å². The van der Waals surface area contributed by atoms with Crippen LogP contribution in [0.5, 0.6) is 5.75 Å². The number of methoxy groups -OCH3 is 1. The Hall–Kier alpha value is -2.75. The fraction of sp³-hybridized carbons (Fsp3) is 0.211. The highest BCUT2D eigenvalue weighted by Gasteiger charge is 2.02. The van der Waals surface area contributed by atoms with E-state index in [1.165, 1.54) is 5.56 Å². The Balaban J connectivity index is 1.91. The largest absolute Gasteiger partial charge is 0.496 e. The molecule has 0 spiro atoms. The van der Waals surface area contributed by atoms with Crippen molar-refractivity contribution >= 4 is 17.8 Å². The predicted octanol–water partition coefficient (Wildman–Crippen LogP) is 4.61. The molecule has 0 radical (unpaired) electrons. The topological polar surface area (TPSA) is 50.4 Å². The third kappa shape index (κ3) is 4.88. The highest BCUT2D eigenvalue weighted by Crippen LogP contribution is 2.18. The SMILES string of the molecule is COc1ccccc1/C=C/NC(=O)Nc1ccc(C(C)C)cc1. The van der Waals surface area contributed by atoms with Crippen LogP contribution in [0, 0.1) is 0 Å². The Morgan fingerprint density at radius 3 is 2.43 bits per heavy atom. The Bertz CT molecular complexity index is 676. The maximum absolute atomic E-state index is 11.9. The molecule has 0 bridgehead atoms. The van der Waals surface area contributed by atoms with Crippen LogP contribution in [-0.4, -0.2) is 13.1 Å². The fourth-order valence-electron chi connectivity index (χ4n) is 2.13. The van der Waals surface area contributed by atoms with E-state index >= 15 is 0 Å². The highest BCUT2D eigenvalue weighted by molar-refractivity contribution is 5.90. The minimum atomic E-state index is -0.284. The van der Waals surface area contributed by atoms with E-state index in [-0.39, 0.29) is 6.03 Å². The number of hydrogen-bond donors (Lipinski definition) is 2. The van der Waals surface area contributed by atoms with Crippen molar-refractivity contribution in [1.82, 2.24) is 5.32 Å². The Morgan fingerprint density at radius 2 is 1.78 bits per heavy atom. The summed E-state index contributed by atoms with van der Waals surface area (Å²) in [5.74, 6) is 1.23. The van der Waals surface area contributed by atoms with Gasteiger partial charge in [0.2, 0.25) is 0 Å². The lowest BCUT2D eigenvalue weighted by molar-refractivity contribution is 0.255. The summed E-state index contributed by atoms with van der Waals surface area (Å²) in [4.78, 5) is 11.9. The summed E-state index contributed by atoms with van der Waals surface area (Å²) >= 11 is 0. The molecule has 0 heterocycles. The number of hydrogen-bond acceptors (Lipinski definition) is 2. The number of anilines is 1. The molecule has 0 fully saturated rings. The Labute approximate surface area is 137 Å². The predicted molar refractivity (Wildman–Crippen MR) is 94.7 cm³/mol. The van der Waals surface area contributed by atoms with Crippen molar-refractivity contribution in [3.8, 4) is 5.75 Å². The molecule has 0 aliphatic rings. The van der Waals surface area contributed by atoms with Crippen LogP contribution in [0.15, 0.2) is 54.7 Å². The summed E-state index contributed by atoms with van der Waals surface area (Å²) in [6, 6.07) is 15.2. The molecule has 2 amide bonds. The quantitative estimate of drug-likeness (QED) is 0.847. The molecule has 0 aliphatic heterocycles. The highest BCUT2D eigenvalue weighted by atomic mass is 16.5. The molecular formula is C19H22N2O2. The molecule has 2 aromatic rings. The van der Waals surface area contributed by atoms with E-state index in [2.05, 4.69) is 24.5 Å². The summed E-state index contributed by atoms with van der Waals surface area (Å²) in [5, 5.41) is 5.47. The number of ether oxygens (including phenoxy) is 1. The van der Waals surface area contributed by atoms with E-state index < -0.39 is 0 Å². The van der Waals surface area contributed by atoms with E-state index in [1.54, 1.807) is 19.4 Å². The Morgan fingerprint density at radius 1 is 1.09 bits per heavy atom. The van der Waals surface area contributed by atoms with Crippen molar-refractivity contribution in [1.29, 1.82) is 0 Å². The standard InChI is InChI=1S/C19H22N2O2/c1-14(2)15-8-10-17(11-9-15)21-19(22)20-13-12-16-6-4-5-7-18(16)23-3/h4-14H,1-3H3,(H2,20,21,22)/b13-12+. The summed E-state index contributed by atoms with van der Waals surface area (Å²) in [5.41, 5.74) is 2.90. The van der Waals surface area contributed by atoms with Gasteiger partial charge >= 0.3 is 6.03 Å². The van der Waals surface area contributed by atoms with Gasteiger partial charge in [-0.25, -0.2) is 4.79 Å². The second-order valence-corrected chi connectivity index (χ2v) is 5.45. The average molecular weight is 310 g/mol. The third-order valence-corrected chi connectivity index (χ3v) is 3.45. The van der Waals surface area contributed by atoms with Gasteiger partial charge in [-0.05, 0) is 35.8 Å². The fourth-order valence-corrected chi connectivity index (χ4v) is 2.13. The van der Waals surface area contributed by atoms with Crippen molar-refractivity contribution in [3.05, 3.63) is 65.9 Å². The monoisotopic (exact) mass is 310 g/mol. The van der Waals surface area contributed by atoms with Crippen molar-refractivity contribution < 1.29 is 9.53 Å². The molecule has 2 aromatic carbocycles. The molecule has 0 aliphatic carbocycles. The minimum absolute atomic E-state index is 0.284. The lowest BCUT2D eigenvalue weighted by Crippen LogP contribution is -2.23. The number of amides is 2. The van der Waals surface area contributed by atoms with Gasteiger partial charge in [0, 0.05) is 17.5 Å². The van der Waals surface area contributed by atoms with Gasteiger partial charge in [-0.1, -0.05) is 44.2 Å². The zero-order valence-electron chi connectivity index (χ0n) is 13.7. The van der Waals surface area contributed by atoms with Crippen LogP contribution >= 0.6 is 0 Å². The lowest BCUT2D eigenvalue weighted by atomic mass is 10.0. The molecule has 0 aromatic heterocycles. The second kappa shape index (κ2) is 8.03. The molecule has 0 saturated carbocycles. The van der Waals surface area contributed by atoms with Gasteiger partial charge < -0.3 is 15.4 Å². The molecule has 0 atom stereocenters. The van der Waals surface area contributed by atoms with Crippen molar-refractivity contribution in [3.63, 3.8) is 0 Å². The van der Waals surface area contributed by atoms with Crippen LogP contribution in [0.3, 0.4) is 0 Å². The van der Waals surface area contributed by atoms with Gasteiger partial charge in [0.25, 0.3) is 0 Å². The number of carbonyl (C=O) groups excluding carboxylic acids is 1. The first kappa shape index (κ1) is 16.6. The number of para-hydroxylation sites is 1. The zero-order chi connectivity index (χ0) is 16.7. The number of benzene rings is 2. The second-order valence-electron chi connectivity index (χ2n) is 5.45. The van der Waals surface area contributed by atoms with Gasteiger partial charge in [-0.3, -0.25) is 0 Å². The molecule has 2 rings (SSSR count). The molecule has 0 unspecified atom stereocenters. The normalized spacial score (nSPS) is 10.8. The molecule has 2 N–H and O–H groups in total. The first-order valence-electron chi connectivity index (χ1n) is 7.57. The van der Waals surface area contributed by atoms with Crippen LogP contribution in [0.1, 0.15) is 30.9 Å². The summed E-state index contributed by atoms with van der Waals surface area (Å²) in [6.45, 7) is 4.27. The van der Waals surface area contributed by atoms with E-state index in [9.17, 15) is 4.79 Å². The Kier molecular flexibility index (Phi) is 5.80. The summed E-state index contributed by atoms with van der Waals surface area (Å²) < 4.78 is 5.25. The van der Waals surface area contributed by atoms with E-state index in [1.807, 2.05) is 48.5 Å². The van der Waals surface area contributed by atoms with Crippen molar-refractivity contribution in [2.75, 3.05) is 12.4 Å². The zero-order valence-corrected chi connectivity index (χ0v) is 13.7. The summed E-state index contributed by atoms with van der Waals surface area (Å²) in [7, 11) is 1.62. The molecular weight excluding hydrogens is 288 g/mol. The summed E-state index contributed by atoms with van der Waals surface area (Å²) in [6.07, 6.45) is 3.38. The minimum Gasteiger partial charge on any atom is -0.496 e. The average Bonchev–Trinajstić information content (AvgIpc) is 2.55. The number of carbonyl (C=O) groups is 1. The van der Waals surface area contributed by atoms with E-state index in [0.29, 0.717) is 5.92 Å². The first-order valence-corrected chi connectivity index (χ1v) is 7.57. The lowest BCUT2D eigenvalue weighted by Gasteiger charge is -2.08.